The van der Waals surface area contributed by atoms with Crippen LogP contribution in [0.3, 0.4) is 0 Å². The summed E-state index contributed by atoms with van der Waals surface area (Å²) in [5.74, 6) is 0.957. The van der Waals surface area contributed by atoms with Crippen molar-refractivity contribution in [1.29, 1.82) is 0 Å². The summed E-state index contributed by atoms with van der Waals surface area (Å²) >= 11 is 4.20. The van der Waals surface area contributed by atoms with Gasteiger partial charge in [0, 0.05) is 25.9 Å². The van der Waals surface area contributed by atoms with Gasteiger partial charge >= 0.3 is 6.03 Å². The van der Waals surface area contributed by atoms with Crippen LogP contribution in [0.5, 0.6) is 0 Å². The first kappa shape index (κ1) is 21.0. The maximum Gasteiger partial charge on any atom is 0.318 e. The number of amides is 3. The van der Waals surface area contributed by atoms with E-state index in [0.29, 0.717) is 37.7 Å². The Labute approximate surface area is 140 Å². The molecule has 0 radical (unpaired) electrons. The van der Waals surface area contributed by atoms with Gasteiger partial charge in [0.15, 0.2) is 0 Å². The smallest absolute Gasteiger partial charge is 0.318 e. The number of nitrogens with two attached hydrogens (primary N) is 1. The number of nitrogens with one attached hydrogen (secondary N) is 2. The number of thiol groups is 1. The zero-order valence-corrected chi connectivity index (χ0v) is 15.0. The van der Waals surface area contributed by atoms with Gasteiger partial charge in [0.1, 0.15) is 6.04 Å². The molecule has 7 heteroatoms. The third kappa shape index (κ3) is 9.15. The second-order valence-electron chi connectivity index (χ2n) is 5.79. The normalized spacial score (nSPS) is 12.1. The Bertz CT molecular complexity index is 327. The Kier molecular flexibility index (Phi) is 12.0. The number of rotatable bonds is 11. The fraction of sp³-hybridized carbons (Fsp3) is 0.867. The first-order valence-corrected chi connectivity index (χ1v) is 8.67. The van der Waals surface area contributed by atoms with E-state index in [9.17, 15) is 9.59 Å². The first-order chi connectivity index (χ1) is 10.5. The highest BCUT2D eigenvalue weighted by atomic mass is 32.1. The van der Waals surface area contributed by atoms with Crippen molar-refractivity contribution >= 4 is 24.6 Å². The van der Waals surface area contributed by atoms with Crippen molar-refractivity contribution in [3.63, 3.8) is 0 Å². The SMILES string of the molecule is CNC(=O)[C@H](CCCCN)NC(=O)N(CCS)CCC(C)C. The van der Waals surface area contributed by atoms with E-state index in [0.717, 1.165) is 19.3 Å². The minimum Gasteiger partial charge on any atom is -0.357 e. The van der Waals surface area contributed by atoms with Crippen LogP contribution in [-0.2, 0) is 4.79 Å². The number of hydrogen-bond acceptors (Lipinski definition) is 4. The van der Waals surface area contributed by atoms with Crippen molar-refractivity contribution in [2.75, 3.05) is 32.4 Å². The molecule has 6 nitrogen and oxygen atoms in total. The van der Waals surface area contributed by atoms with Crippen LogP contribution < -0.4 is 16.4 Å². The largest absolute Gasteiger partial charge is 0.357 e. The van der Waals surface area contributed by atoms with Crippen molar-refractivity contribution in [3.8, 4) is 0 Å². The van der Waals surface area contributed by atoms with Crippen LogP contribution in [0.25, 0.3) is 0 Å². The second-order valence-corrected chi connectivity index (χ2v) is 6.24. The van der Waals surface area contributed by atoms with E-state index in [4.69, 9.17) is 5.73 Å². The van der Waals surface area contributed by atoms with Crippen molar-refractivity contribution in [2.24, 2.45) is 11.7 Å². The van der Waals surface area contributed by atoms with E-state index < -0.39 is 6.04 Å². The van der Waals surface area contributed by atoms with Gasteiger partial charge in [0.05, 0.1) is 0 Å². The highest BCUT2D eigenvalue weighted by Gasteiger charge is 2.22. The minimum absolute atomic E-state index is 0.167. The summed E-state index contributed by atoms with van der Waals surface area (Å²) < 4.78 is 0. The molecular formula is C15H32N4O2S. The summed E-state index contributed by atoms with van der Waals surface area (Å²) in [6.07, 6.45) is 3.19. The fourth-order valence-corrected chi connectivity index (χ4v) is 2.27. The fourth-order valence-electron chi connectivity index (χ4n) is 2.03. The van der Waals surface area contributed by atoms with Crippen LogP contribution in [-0.4, -0.2) is 55.3 Å². The zero-order chi connectivity index (χ0) is 17.0. The van der Waals surface area contributed by atoms with Gasteiger partial charge in [0.2, 0.25) is 5.91 Å². The number of carbonyl (C=O) groups excluding carboxylic acids is 2. The monoisotopic (exact) mass is 332 g/mol. The Hall–Kier alpha value is -0.950. The summed E-state index contributed by atoms with van der Waals surface area (Å²) in [6.45, 7) is 6.08. The lowest BCUT2D eigenvalue weighted by atomic mass is 10.1. The summed E-state index contributed by atoms with van der Waals surface area (Å²) in [7, 11) is 1.58. The van der Waals surface area contributed by atoms with Crippen LogP contribution >= 0.6 is 12.6 Å². The summed E-state index contributed by atoms with van der Waals surface area (Å²) in [6, 6.07) is -0.707. The van der Waals surface area contributed by atoms with Gasteiger partial charge in [-0.3, -0.25) is 4.79 Å². The number of nitrogens with zero attached hydrogens (tertiary/aromatic N) is 1. The molecule has 0 fully saturated rings. The van der Waals surface area contributed by atoms with Crippen molar-refractivity contribution in [1.82, 2.24) is 15.5 Å². The highest BCUT2D eigenvalue weighted by molar-refractivity contribution is 7.80. The summed E-state index contributed by atoms with van der Waals surface area (Å²) in [5.41, 5.74) is 5.48. The molecule has 0 aromatic heterocycles. The third-order valence-corrected chi connectivity index (χ3v) is 3.64. The molecule has 0 rings (SSSR count). The molecule has 0 aliphatic carbocycles. The summed E-state index contributed by atoms with van der Waals surface area (Å²) in [5, 5.41) is 5.44. The van der Waals surface area contributed by atoms with Crippen LogP contribution in [0, 0.1) is 5.92 Å². The van der Waals surface area contributed by atoms with Gasteiger partial charge < -0.3 is 21.3 Å². The highest BCUT2D eigenvalue weighted by Crippen LogP contribution is 2.05. The average Bonchev–Trinajstić information content (AvgIpc) is 2.49. The molecule has 0 heterocycles. The van der Waals surface area contributed by atoms with Crippen LogP contribution in [0.15, 0.2) is 0 Å². The summed E-state index contributed by atoms with van der Waals surface area (Å²) in [4.78, 5) is 26.0. The second kappa shape index (κ2) is 12.6. The van der Waals surface area contributed by atoms with Gasteiger partial charge in [-0.15, -0.1) is 0 Å². The van der Waals surface area contributed by atoms with Gasteiger partial charge in [-0.25, -0.2) is 4.79 Å². The van der Waals surface area contributed by atoms with E-state index >= 15 is 0 Å². The predicted molar refractivity (Wildman–Crippen MR) is 94.2 cm³/mol. The molecule has 1 atom stereocenters. The van der Waals surface area contributed by atoms with Crippen LogP contribution in [0.1, 0.15) is 39.5 Å². The van der Waals surface area contributed by atoms with Gasteiger partial charge in [0.25, 0.3) is 0 Å². The van der Waals surface area contributed by atoms with Gasteiger partial charge in [-0.05, 0) is 38.1 Å². The van der Waals surface area contributed by atoms with Gasteiger partial charge in [-0.1, -0.05) is 13.8 Å². The number of urea groups is 1. The van der Waals surface area contributed by atoms with E-state index in [1.54, 1.807) is 11.9 Å². The van der Waals surface area contributed by atoms with Gasteiger partial charge in [-0.2, -0.15) is 12.6 Å². The maximum atomic E-state index is 12.4. The van der Waals surface area contributed by atoms with Crippen molar-refractivity contribution < 1.29 is 9.59 Å². The third-order valence-electron chi connectivity index (χ3n) is 3.44. The minimum atomic E-state index is -0.509. The lowest BCUT2D eigenvalue weighted by Crippen LogP contribution is -2.51. The molecule has 0 unspecified atom stereocenters. The maximum absolute atomic E-state index is 12.4. The predicted octanol–water partition coefficient (Wildman–Crippen LogP) is 1.22. The quantitative estimate of drug-likeness (QED) is 0.339. The Morgan fingerprint density at radius 2 is 1.86 bits per heavy atom. The lowest BCUT2D eigenvalue weighted by molar-refractivity contribution is -0.122. The number of unbranched alkanes of at least 4 members (excludes halogenated alkanes) is 1. The molecule has 0 aliphatic heterocycles. The number of hydrogen-bond donors (Lipinski definition) is 4. The van der Waals surface area contributed by atoms with Crippen LogP contribution in [0.4, 0.5) is 4.79 Å². The van der Waals surface area contributed by atoms with Crippen molar-refractivity contribution in [3.05, 3.63) is 0 Å². The molecule has 0 aliphatic rings. The van der Waals surface area contributed by atoms with E-state index in [2.05, 4.69) is 37.1 Å². The zero-order valence-electron chi connectivity index (χ0n) is 14.1. The van der Waals surface area contributed by atoms with Crippen molar-refractivity contribution in [2.45, 2.75) is 45.6 Å². The molecule has 3 amide bonds. The number of likely N-dealkylation sites (N-methyl/N-ethyl adjacent to an activating group) is 1. The molecular weight excluding hydrogens is 300 g/mol. The first-order valence-electron chi connectivity index (χ1n) is 8.04. The number of carbonyl (C=O) groups is 2. The molecule has 0 saturated carbocycles. The van der Waals surface area contributed by atoms with Crippen LogP contribution in [0.2, 0.25) is 0 Å². The topological polar surface area (TPSA) is 87.5 Å². The molecule has 0 aromatic carbocycles. The molecule has 22 heavy (non-hydrogen) atoms. The Morgan fingerprint density at radius 1 is 1.18 bits per heavy atom. The van der Waals surface area contributed by atoms with E-state index in [1.165, 1.54) is 0 Å². The standard InChI is InChI=1S/C15H32N4O2S/c1-12(2)7-9-19(10-11-22)15(21)18-13(14(20)17-3)6-4-5-8-16/h12-13,22H,4-11,16H2,1-3H3,(H,17,20)(H,18,21)/t13-/m0/s1. The molecule has 0 aromatic rings. The molecule has 130 valence electrons. The Balaban J connectivity index is 4.61. The molecule has 0 spiro atoms. The molecule has 0 saturated heterocycles. The molecule has 4 N–H and O–H groups in total. The van der Waals surface area contributed by atoms with E-state index in [1.807, 2.05) is 0 Å². The average molecular weight is 333 g/mol. The Morgan fingerprint density at radius 3 is 2.36 bits per heavy atom. The van der Waals surface area contributed by atoms with E-state index in [-0.39, 0.29) is 11.9 Å². The molecule has 0 bridgehead atoms. The lowest BCUT2D eigenvalue weighted by Gasteiger charge is -2.26.